The van der Waals surface area contributed by atoms with Crippen molar-refractivity contribution in [2.24, 2.45) is 5.92 Å². The van der Waals surface area contributed by atoms with Crippen molar-refractivity contribution in [3.63, 3.8) is 0 Å². The lowest BCUT2D eigenvalue weighted by Gasteiger charge is -2.29. The maximum absolute atomic E-state index is 8.93. The minimum absolute atomic E-state index is 0.0649. The Kier molecular flexibility index (Phi) is 2.83. The molecule has 2 aliphatic heterocycles. The molecule has 0 spiro atoms. The predicted octanol–water partition coefficient (Wildman–Crippen LogP) is 0.863. The van der Waals surface area contributed by atoms with E-state index in [1.807, 2.05) is 18.7 Å². The van der Waals surface area contributed by atoms with Gasteiger partial charge in [0.2, 0.25) is 0 Å². The number of hydrogen-bond donors (Lipinski definition) is 1. The largest absolute Gasteiger partial charge is 0.394 e. The zero-order valence-electron chi connectivity index (χ0n) is 7.86. The van der Waals surface area contributed by atoms with Crippen LogP contribution < -0.4 is 0 Å². The Hall–Kier alpha value is 0.230. The summed E-state index contributed by atoms with van der Waals surface area (Å²) in [5, 5.41) is 8.93. The molecule has 13 heavy (non-hydrogen) atoms. The molecule has 0 aromatic heterocycles. The van der Waals surface area contributed by atoms with Gasteiger partial charge in [-0.25, -0.2) is 0 Å². The summed E-state index contributed by atoms with van der Waals surface area (Å²) in [5.74, 6) is 2.39. The Morgan fingerprint density at radius 1 is 1.62 bits per heavy atom. The Labute approximate surface area is 82.8 Å². The third-order valence-corrected chi connectivity index (χ3v) is 3.99. The highest BCUT2D eigenvalue weighted by Crippen LogP contribution is 2.39. The van der Waals surface area contributed by atoms with Crippen LogP contribution in [0.5, 0.6) is 0 Å². The van der Waals surface area contributed by atoms with Gasteiger partial charge in [-0.15, -0.1) is 0 Å². The number of aliphatic hydroxyl groups is 1. The van der Waals surface area contributed by atoms with Gasteiger partial charge < -0.3 is 14.6 Å². The lowest BCUT2D eigenvalue weighted by Crippen LogP contribution is -2.36. The third kappa shape index (κ3) is 1.86. The van der Waals surface area contributed by atoms with Gasteiger partial charge in [-0.05, 0) is 19.1 Å². The minimum atomic E-state index is -0.434. The summed E-state index contributed by atoms with van der Waals surface area (Å²) in [4.78, 5) is 0. The summed E-state index contributed by atoms with van der Waals surface area (Å²) in [6.45, 7) is 2.60. The van der Waals surface area contributed by atoms with Crippen LogP contribution in [0.15, 0.2) is 0 Å². The van der Waals surface area contributed by atoms with Gasteiger partial charge in [0.1, 0.15) is 6.10 Å². The van der Waals surface area contributed by atoms with E-state index in [-0.39, 0.29) is 12.7 Å². The average Bonchev–Trinajstić information content (AvgIpc) is 2.72. The minimum Gasteiger partial charge on any atom is -0.394 e. The summed E-state index contributed by atoms with van der Waals surface area (Å²) in [5.41, 5.74) is 0. The van der Waals surface area contributed by atoms with Gasteiger partial charge in [-0.2, -0.15) is 11.8 Å². The van der Waals surface area contributed by atoms with Gasteiger partial charge in [0.05, 0.1) is 13.2 Å². The fraction of sp³-hybridized carbons (Fsp3) is 1.00. The van der Waals surface area contributed by atoms with Crippen LogP contribution in [0.25, 0.3) is 0 Å². The molecule has 0 aromatic carbocycles. The van der Waals surface area contributed by atoms with E-state index in [1.54, 1.807) is 0 Å². The van der Waals surface area contributed by atoms with Crippen LogP contribution in [0.2, 0.25) is 0 Å². The van der Waals surface area contributed by atoms with Crippen LogP contribution >= 0.6 is 11.8 Å². The molecule has 76 valence electrons. The SMILES string of the molecule is CC1(C2CCSC2)OCC(CO)O1. The first kappa shape index (κ1) is 9.77. The summed E-state index contributed by atoms with van der Waals surface area (Å²) in [7, 11) is 0. The highest BCUT2D eigenvalue weighted by molar-refractivity contribution is 7.99. The Balaban J connectivity index is 1.96. The van der Waals surface area contributed by atoms with E-state index in [0.29, 0.717) is 12.5 Å². The summed E-state index contributed by atoms with van der Waals surface area (Å²) >= 11 is 1.95. The second-order valence-corrected chi connectivity index (χ2v) is 4.96. The van der Waals surface area contributed by atoms with Gasteiger partial charge in [0.15, 0.2) is 5.79 Å². The quantitative estimate of drug-likeness (QED) is 0.724. The lowest BCUT2D eigenvalue weighted by atomic mass is 10.00. The molecule has 2 fully saturated rings. The van der Waals surface area contributed by atoms with Crippen LogP contribution in [-0.4, -0.2) is 41.7 Å². The number of rotatable bonds is 2. The van der Waals surface area contributed by atoms with Crippen molar-refractivity contribution in [2.45, 2.75) is 25.2 Å². The van der Waals surface area contributed by atoms with E-state index in [1.165, 1.54) is 12.2 Å². The summed E-state index contributed by atoms with van der Waals surface area (Å²) in [6.07, 6.45) is 1.05. The molecule has 0 amide bonds. The highest BCUT2D eigenvalue weighted by Gasteiger charge is 2.44. The first-order valence-electron chi connectivity index (χ1n) is 4.75. The molecular formula is C9H16O3S. The Bertz CT molecular complexity index is 182. The molecule has 1 N–H and O–H groups in total. The fourth-order valence-electron chi connectivity index (χ4n) is 1.91. The molecule has 4 heteroatoms. The molecule has 2 saturated heterocycles. The molecular weight excluding hydrogens is 188 g/mol. The fourth-order valence-corrected chi connectivity index (χ4v) is 3.28. The van der Waals surface area contributed by atoms with Gasteiger partial charge in [-0.1, -0.05) is 0 Å². The van der Waals surface area contributed by atoms with Crippen LogP contribution in [0.1, 0.15) is 13.3 Å². The van der Waals surface area contributed by atoms with Crippen molar-refractivity contribution in [1.82, 2.24) is 0 Å². The van der Waals surface area contributed by atoms with Crippen molar-refractivity contribution in [2.75, 3.05) is 24.7 Å². The number of ether oxygens (including phenoxy) is 2. The molecule has 3 unspecified atom stereocenters. The second-order valence-electron chi connectivity index (χ2n) is 3.81. The van der Waals surface area contributed by atoms with E-state index >= 15 is 0 Å². The first-order chi connectivity index (χ1) is 6.24. The average molecular weight is 204 g/mol. The van der Waals surface area contributed by atoms with Gasteiger partial charge in [0.25, 0.3) is 0 Å². The van der Waals surface area contributed by atoms with E-state index in [2.05, 4.69) is 0 Å². The third-order valence-electron chi connectivity index (χ3n) is 2.83. The van der Waals surface area contributed by atoms with E-state index < -0.39 is 5.79 Å². The molecule has 0 aromatic rings. The van der Waals surface area contributed by atoms with Crippen LogP contribution in [0, 0.1) is 5.92 Å². The summed E-state index contributed by atoms with van der Waals surface area (Å²) < 4.78 is 11.3. The van der Waals surface area contributed by atoms with Crippen LogP contribution in [0.3, 0.4) is 0 Å². The van der Waals surface area contributed by atoms with E-state index in [9.17, 15) is 0 Å². The van der Waals surface area contributed by atoms with E-state index in [4.69, 9.17) is 14.6 Å². The standard InChI is InChI=1S/C9H16O3S/c1-9(7-2-3-13-6-7)11-5-8(4-10)12-9/h7-8,10H,2-6H2,1H3. The Morgan fingerprint density at radius 2 is 2.46 bits per heavy atom. The van der Waals surface area contributed by atoms with E-state index in [0.717, 1.165) is 5.75 Å². The maximum Gasteiger partial charge on any atom is 0.169 e. The summed E-state index contributed by atoms with van der Waals surface area (Å²) in [6, 6.07) is 0. The molecule has 0 radical (unpaired) electrons. The zero-order chi connectivity index (χ0) is 9.31. The van der Waals surface area contributed by atoms with Crippen LogP contribution in [-0.2, 0) is 9.47 Å². The number of aliphatic hydroxyl groups excluding tert-OH is 1. The number of hydrogen-bond acceptors (Lipinski definition) is 4. The number of thioether (sulfide) groups is 1. The Morgan fingerprint density at radius 3 is 3.00 bits per heavy atom. The molecule has 2 aliphatic rings. The maximum atomic E-state index is 8.93. The lowest BCUT2D eigenvalue weighted by molar-refractivity contribution is -0.188. The van der Waals surface area contributed by atoms with Crippen LogP contribution in [0.4, 0.5) is 0 Å². The smallest absolute Gasteiger partial charge is 0.169 e. The topological polar surface area (TPSA) is 38.7 Å². The second kappa shape index (κ2) is 3.77. The molecule has 0 aliphatic carbocycles. The molecule has 3 atom stereocenters. The normalized spacial score (nSPS) is 45.7. The van der Waals surface area contributed by atoms with Gasteiger partial charge in [-0.3, -0.25) is 0 Å². The van der Waals surface area contributed by atoms with Crippen molar-refractivity contribution in [3.05, 3.63) is 0 Å². The van der Waals surface area contributed by atoms with Crippen molar-refractivity contribution in [3.8, 4) is 0 Å². The monoisotopic (exact) mass is 204 g/mol. The van der Waals surface area contributed by atoms with Crippen molar-refractivity contribution in [1.29, 1.82) is 0 Å². The molecule has 0 saturated carbocycles. The van der Waals surface area contributed by atoms with Gasteiger partial charge >= 0.3 is 0 Å². The molecule has 3 nitrogen and oxygen atoms in total. The van der Waals surface area contributed by atoms with Gasteiger partial charge in [0, 0.05) is 11.7 Å². The predicted molar refractivity (Wildman–Crippen MR) is 51.7 cm³/mol. The molecule has 0 bridgehead atoms. The first-order valence-corrected chi connectivity index (χ1v) is 5.90. The highest BCUT2D eigenvalue weighted by atomic mass is 32.2. The zero-order valence-corrected chi connectivity index (χ0v) is 8.68. The van der Waals surface area contributed by atoms with Crippen molar-refractivity contribution < 1.29 is 14.6 Å². The van der Waals surface area contributed by atoms with Crippen molar-refractivity contribution >= 4 is 11.8 Å². The molecule has 2 heterocycles. The molecule has 2 rings (SSSR count).